The Kier molecular flexibility index (Phi) is 24.5. The summed E-state index contributed by atoms with van der Waals surface area (Å²) in [5.41, 5.74) is 0. The van der Waals surface area contributed by atoms with Crippen LogP contribution in [0.1, 0.15) is 155 Å². The highest BCUT2D eigenvalue weighted by molar-refractivity contribution is 5.75. The van der Waals surface area contributed by atoms with E-state index in [-0.39, 0.29) is 5.91 Å². The summed E-state index contributed by atoms with van der Waals surface area (Å²) in [6.07, 6.45) is 23.8. The second-order valence-corrected chi connectivity index (χ2v) is 9.82. The maximum atomic E-state index is 11.9. The predicted octanol–water partition coefficient (Wildman–Crippen LogP) is 7.45. The second kappa shape index (κ2) is 25.0. The lowest BCUT2D eigenvalue weighted by Gasteiger charge is -2.17. The van der Waals surface area contributed by atoms with Crippen LogP contribution in [0.15, 0.2) is 0 Å². The molecule has 0 aliphatic carbocycles. The maximum Gasteiger partial charge on any atom is 0.219 e. The average Bonchev–Trinajstić information content (AvgIpc) is 2.79. The molecular formula is C28H57NO3. The van der Waals surface area contributed by atoms with E-state index in [1.54, 1.807) is 0 Å². The molecule has 2 atom stereocenters. The number of carbonyl (C=O) groups excluding carboxylic acids is 1. The van der Waals surface area contributed by atoms with Crippen molar-refractivity contribution in [2.45, 2.75) is 167 Å². The highest BCUT2D eigenvalue weighted by Crippen LogP contribution is 2.14. The highest BCUT2D eigenvalue weighted by atomic mass is 16.3. The number of carbonyl (C=O) groups is 1. The smallest absolute Gasteiger partial charge is 0.219 e. The van der Waals surface area contributed by atoms with E-state index in [0.717, 1.165) is 64.3 Å². The first kappa shape index (κ1) is 31.4. The summed E-state index contributed by atoms with van der Waals surface area (Å²) < 4.78 is 0. The minimum atomic E-state index is -0.576. The van der Waals surface area contributed by atoms with E-state index in [0.29, 0.717) is 12.8 Å². The van der Waals surface area contributed by atoms with E-state index in [9.17, 15) is 15.0 Å². The average molecular weight is 456 g/mol. The molecule has 0 radical (unpaired) electrons. The maximum absolute atomic E-state index is 11.9. The number of aliphatic hydroxyl groups excluding tert-OH is 2. The summed E-state index contributed by atoms with van der Waals surface area (Å²) in [5.74, 6) is 0.197. The van der Waals surface area contributed by atoms with E-state index >= 15 is 0 Å². The molecule has 0 aliphatic heterocycles. The molecular weight excluding hydrogens is 398 g/mol. The topological polar surface area (TPSA) is 69.6 Å². The molecule has 32 heavy (non-hydrogen) atoms. The van der Waals surface area contributed by atoms with Crippen molar-refractivity contribution < 1.29 is 15.0 Å². The van der Waals surface area contributed by atoms with Crippen molar-refractivity contribution in [1.29, 1.82) is 0 Å². The zero-order valence-corrected chi connectivity index (χ0v) is 21.7. The van der Waals surface area contributed by atoms with Crippen LogP contribution in [-0.2, 0) is 4.79 Å². The molecule has 1 amide bonds. The molecule has 4 heteroatoms. The fourth-order valence-electron chi connectivity index (χ4n) is 4.26. The Bertz CT molecular complexity index is 389. The summed E-state index contributed by atoms with van der Waals surface area (Å²) >= 11 is 0. The van der Waals surface area contributed by atoms with Crippen LogP contribution in [0.3, 0.4) is 0 Å². The van der Waals surface area contributed by atoms with E-state index in [4.69, 9.17) is 0 Å². The van der Waals surface area contributed by atoms with Crippen LogP contribution >= 0.6 is 0 Å². The zero-order chi connectivity index (χ0) is 23.7. The lowest BCUT2D eigenvalue weighted by Crippen LogP contribution is -2.25. The van der Waals surface area contributed by atoms with Crippen molar-refractivity contribution in [3.63, 3.8) is 0 Å². The number of hydrogen-bond donors (Lipinski definition) is 3. The van der Waals surface area contributed by atoms with E-state index in [1.807, 2.05) is 0 Å². The van der Waals surface area contributed by atoms with Crippen molar-refractivity contribution in [3.05, 3.63) is 0 Å². The quantitative estimate of drug-likeness (QED) is 0.125. The minimum absolute atomic E-state index is 0.197. The largest absolute Gasteiger partial charge is 0.390 e. The van der Waals surface area contributed by atoms with Gasteiger partial charge in [-0.25, -0.2) is 0 Å². The van der Waals surface area contributed by atoms with E-state index in [2.05, 4.69) is 19.2 Å². The molecule has 0 aliphatic rings. The molecule has 0 spiro atoms. The van der Waals surface area contributed by atoms with Crippen LogP contribution in [0.4, 0.5) is 0 Å². The van der Waals surface area contributed by atoms with Crippen LogP contribution in [0.25, 0.3) is 0 Å². The van der Waals surface area contributed by atoms with Gasteiger partial charge in [0.05, 0.1) is 12.2 Å². The first-order valence-corrected chi connectivity index (χ1v) is 14.2. The van der Waals surface area contributed by atoms with Gasteiger partial charge in [0.25, 0.3) is 0 Å². The van der Waals surface area contributed by atoms with Gasteiger partial charge in [-0.05, 0) is 25.7 Å². The van der Waals surface area contributed by atoms with Crippen LogP contribution in [0.2, 0.25) is 0 Å². The number of amides is 1. The van der Waals surface area contributed by atoms with Gasteiger partial charge in [-0.2, -0.15) is 0 Å². The Hall–Kier alpha value is -0.610. The third-order valence-electron chi connectivity index (χ3n) is 6.55. The Labute approximate surface area is 200 Å². The molecule has 4 nitrogen and oxygen atoms in total. The van der Waals surface area contributed by atoms with Crippen LogP contribution in [-0.4, -0.2) is 34.9 Å². The predicted molar refractivity (Wildman–Crippen MR) is 138 cm³/mol. The number of unbranched alkanes of at least 4 members (excludes halogenated alkanes) is 16. The Morgan fingerprint density at radius 2 is 0.938 bits per heavy atom. The highest BCUT2D eigenvalue weighted by Gasteiger charge is 2.15. The molecule has 2 unspecified atom stereocenters. The van der Waals surface area contributed by atoms with Gasteiger partial charge in [0, 0.05) is 13.0 Å². The van der Waals surface area contributed by atoms with E-state index in [1.165, 1.54) is 70.6 Å². The van der Waals surface area contributed by atoms with Gasteiger partial charge in [-0.1, -0.05) is 123 Å². The fourth-order valence-corrected chi connectivity index (χ4v) is 4.26. The SMILES string of the molecule is CCCCCCCCCCCCNC(=O)CCCCCCCC(O)C(O)CCCCCC. The van der Waals surface area contributed by atoms with Gasteiger partial charge in [0.2, 0.25) is 5.91 Å². The van der Waals surface area contributed by atoms with Gasteiger partial charge < -0.3 is 15.5 Å². The number of aliphatic hydroxyl groups is 2. The van der Waals surface area contributed by atoms with Crippen molar-refractivity contribution >= 4 is 5.91 Å². The molecule has 0 saturated carbocycles. The molecule has 192 valence electrons. The van der Waals surface area contributed by atoms with Crippen LogP contribution in [0.5, 0.6) is 0 Å². The third kappa shape index (κ3) is 22.6. The summed E-state index contributed by atoms with van der Waals surface area (Å²) in [6, 6.07) is 0. The van der Waals surface area contributed by atoms with Crippen molar-refractivity contribution in [2.75, 3.05) is 6.54 Å². The van der Waals surface area contributed by atoms with Gasteiger partial charge in [0.1, 0.15) is 0 Å². The zero-order valence-electron chi connectivity index (χ0n) is 21.7. The van der Waals surface area contributed by atoms with Crippen LogP contribution in [0, 0.1) is 0 Å². The second-order valence-electron chi connectivity index (χ2n) is 9.82. The molecule has 0 aromatic rings. The normalized spacial score (nSPS) is 13.2. The molecule has 0 fully saturated rings. The molecule has 0 rings (SSSR count). The van der Waals surface area contributed by atoms with E-state index < -0.39 is 12.2 Å². The Morgan fingerprint density at radius 1 is 0.562 bits per heavy atom. The number of hydrogen-bond acceptors (Lipinski definition) is 3. The van der Waals surface area contributed by atoms with Crippen molar-refractivity contribution in [1.82, 2.24) is 5.32 Å². The first-order chi connectivity index (χ1) is 15.6. The Morgan fingerprint density at radius 3 is 1.44 bits per heavy atom. The van der Waals surface area contributed by atoms with Gasteiger partial charge >= 0.3 is 0 Å². The summed E-state index contributed by atoms with van der Waals surface area (Å²) in [6.45, 7) is 5.27. The molecule has 0 bridgehead atoms. The molecule has 0 aromatic carbocycles. The molecule has 0 heterocycles. The summed E-state index contributed by atoms with van der Waals surface area (Å²) in [4.78, 5) is 11.9. The fraction of sp³-hybridized carbons (Fsp3) is 0.964. The van der Waals surface area contributed by atoms with Crippen LogP contribution < -0.4 is 5.32 Å². The third-order valence-corrected chi connectivity index (χ3v) is 6.55. The first-order valence-electron chi connectivity index (χ1n) is 14.2. The standard InChI is InChI=1S/C28H57NO3/c1-3-5-7-9-10-11-12-13-17-21-25-29-28(32)24-20-16-14-15-19-23-27(31)26(30)22-18-8-6-4-2/h26-27,30-31H,3-25H2,1-2H3,(H,29,32). The number of nitrogens with one attached hydrogen (secondary N) is 1. The van der Waals surface area contributed by atoms with Gasteiger partial charge in [0.15, 0.2) is 0 Å². The van der Waals surface area contributed by atoms with Crippen molar-refractivity contribution in [2.24, 2.45) is 0 Å². The molecule has 3 N–H and O–H groups in total. The minimum Gasteiger partial charge on any atom is -0.390 e. The van der Waals surface area contributed by atoms with Crippen molar-refractivity contribution in [3.8, 4) is 0 Å². The summed E-state index contributed by atoms with van der Waals surface area (Å²) in [7, 11) is 0. The number of rotatable bonds is 25. The molecule has 0 aromatic heterocycles. The van der Waals surface area contributed by atoms with Gasteiger partial charge in [-0.15, -0.1) is 0 Å². The van der Waals surface area contributed by atoms with Gasteiger partial charge in [-0.3, -0.25) is 4.79 Å². The Balaban J connectivity index is 3.34. The summed E-state index contributed by atoms with van der Waals surface area (Å²) in [5, 5.41) is 23.1. The lowest BCUT2D eigenvalue weighted by atomic mass is 10.00. The molecule has 0 saturated heterocycles. The lowest BCUT2D eigenvalue weighted by molar-refractivity contribution is -0.121. The monoisotopic (exact) mass is 455 g/mol.